The summed E-state index contributed by atoms with van der Waals surface area (Å²) in [5, 5.41) is 16.1. The second-order valence-electron chi connectivity index (χ2n) is 14.4. The van der Waals surface area contributed by atoms with Crippen LogP contribution < -0.4 is 10.6 Å². The molecule has 0 aliphatic carbocycles. The van der Waals surface area contributed by atoms with E-state index in [2.05, 4.69) is 15.6 Å². The summed E-state index contributed by atoms with van der Waals surface area (Å²) in [4.78, 5) is 58.2. The number of aliphatic hydroxyl groups excluding tert-OH is 1. The van der Waals surface area contributed by atoms with Crippen molar-refractivity contribution in [1.82, 2.24) is 20.5 Å². The number of aryl methyl sites for hydroxylation is 1. The van der Waals surface area contributed by atoms with Crippen molar-refractivity contribution < 1.29 is 48.0 Å². The van der Waals surface area contributed by atoms with Gasteiger partial charge in [-0.05, 0) is 44.2 Å². The zero-order valence-corrected chi connectivity index (χ0v) is 31.6. The fourth-order valence-electron chi connectivity index (χ4n) is 5.23. The molecular formula is C36H54N4O10S. The van der Waals surface area contributed by atoms with Crippen molar-refractivity contribution in [2.75, 3.05) is 59.4 Å². The van der Waals surface area contributed by atoms with Crippen molar-refractivity contribution in [2.24, 2.45) is 5.41 Å². The van der Waals surface area contributed by atoms with Crippen LogP contribution in [-0.4, -0.2) is 122 Å². The highest BCUT2D eigenvalue weighted by molar-refractivity contribution is 7.13. The van der Waals surface area contributed by atoms with Crippen LogP contribution in [0.5, 0.6) is 0 Å². The first-order valence-electron chi connectivity index (χ1n) is 17.1. The number of aliphatic hydroxyl groups is 1. The number of benzene rings is 1. The summed E-state index contributed by atoms with van der Waals surface area (Å²) in [7, 11) is 0. The number of thiazole rings is 1. The van der Waals surface area contributed by atoms with Gasteiger partial charge in [0.15, 0.2) is 0 Å². The molecule has 284 valence electrons. The van der Waals surface area contributed by atoms with E-state index in [1.165, 1.54) is 4.90 Å². The molecule has 1 aromatic heterocycles. The highest BCUT2D eigenvalue weighted by Crippen LogP contribution is 2.28. The maximum absolute atomic E-state index is 13.8. The van der Waals surface area contributed by atoms with E-state index >= 15 is 0 Å². The molecule has 3 amide bonds. The largest absolute Gasteiger partial charge is 0.458 e. The highest BCUT2D eigenvalue weighted by atomic mass is 32.1. The molecule has 1 aromatic carbocycles. The molecule has 3 rings (SSSR count). The quantitative estimate of drug-likeness (QED) is 0.143. The van der Waals surface area contributed by atoms with Gasteiger partial charge in [0.1, 0.15) is 30.9 Å². The molecule has 0 radical (unpaired) electrons. The number of β-amino-alcohol motifs (C(OH)–C–C–N with tert-alkyl or cyclic N) is 1. The van der Waals surface area contributed by atoms with Gasteiger partial charge in [0.2, 0.25) is 17.7 Å². The van der Waals surface area contributed by atoms with Crippen molar-refractivity contribution in [2.45, 2.75) is 85.2 Å². The number of hydrogen-bond donors (Lipinski definition) is 3. The molecule has 2 heterocycles. The molecule has 0 saturated carbocycles. The Labute approximate surface area is 304 Å². The number of rotatable bonds is 19. The van der Waals surface area contributed by atoms with E-state index in [1.54, 1.807) is 32.1 Å². The van der Waals surface area contributed by atoms with Gasteiger partial charge in [0, 0.05) is 19.5 Å². The third kappa shape index (κ3) is 14.6. The Morgan fingerprint density at radius 3 is 2.06 bits per heavy atom. The minimum Gasteiger partial charge on any atom is -0.458 e. The average molecular weight is 735 g/mol. The van der Waals surface area contributed by atoms with Gasteiger partial charge < -0.3 is 44.3 Å². The zero-order chi connectivity index (χ0) is 37.6. The standard InChI is InChI=1S/C36H54N4O10S/c1-24-31(51-23-38-24)26-10-8-25(9-11-26)19-37-33(44)28-18-27(41)20-40(28)34(45)32(35(2,3)4)39-29(42)21-48-16-14-46-12-13-47-15-17-49-22-30(43)50-36(5,6)7/h8-11,23,27-28,32,41H,12-22H2,1-7H3,(H,37,44)(H,39,42). The van der Waals surface area contributed by atoms with Crippen molar-refractivity contribution in [1.29, 1.82) is 0 Å². The molecule has 15 heteroatoms. The first-order chi connectivity index (χ1) is 24.0. The van der Waals surface area contributed by atoms with Gasteiger partial charge in [0.05, 0.1) is 61.8 Å². The Bertz CT molecular complexity index is 1420. The third-order valence-corrected chi connectivity index (χ3v) is 8.68. The summed E-state index contributed by atoms with van der Waals surface area (Å²) in [6.07, 6.45) is -0.767. The van der Waals surface area contributed by atoms with E-state index in [0.29, 0.717) is 19.8 Å². The van der Waals surface area contributed by atoms with Gasteiger partial charge in [-0.2, -0.15) is 0 Å². The van der Waals surface area contributed by atoms with Gasteiger partial charge >= 0.3 is 5.97 Å². The highest BCUT2D eigenvalue weighted by Gasteiger charge is 2.44. The number of hydrogen-bond acceptors (Lipinski definition) is 12. The summed E-state index contributed by atoms with van der Waals surface area (Å²) in [5.41, 5.74) is 3.46. The smallest absolute Gasteiger partial charge is 0.332 e. The lowest BCUT2D eigenvalue weighted by Crippen LogP contribution is -2.58. The topological polar surface area (TPSA) is 175 Å². The van der Waals surface area contributed by atoms with Gasteiger partial charge in [-0.1, -0.05) is 45.0 Å². The molecule has 1 saturated heterocycles. The van der Waals surface area contributed by atoms with Crippen molar-refractivity contribution >= 4 is 35.0 Å². The van der Waals surface area contributed by atoms with E-state index in [1.807, 2.05) is 57.5 Å². The van der Waals surface area contributed by atoms with Crippen molar-refractivity contribution in [3.8, 4) is 10.4 Å². The number of amides is 3. The van der Waals surface area contributed by atoms with Gasteiger partial charge in [-0.15, -0.1) is 11.3 Å². The first-order valence-corrected chi connectivity index (χ1v) is 18.0. The van der Waals surface area contributed by atoms with Crippen LogP contribution in [0.4, 0.5) is 0 Å². The molecule has 0 bridgehead atoms. The number of carbonyl (C=O) groups excluding carboxylic acids is 4. The van der Waals surface area contributed by atoms with Gasteiger partial charge in [0.25, 0.3) is 0 Å². The molecule has 1 aliphatic rings. The van der Waals surface area contributed by atoms with E-state index in [4.69, 9.17) is 23.7 Å². The molecular weight excluding hydrogens is 680 g/mol. The number of nitrogens with zero attached hydrogens (tertiary/aromatic N) is 2. The number of esters is 1. The van der Waals surface area contributed by atoms with Crippen LogP contribution in [0, 0.1) is 12.3 Å². The average Bonchev–Trinajstić information content (AvgIpc) is 3.66. The SMILES string of the molecule is Cc1ncsc1-c1ccc(CNC(=O)C2CC(O)CN2C(=O)C(NC(=O)COCCOCCOCCOCC(=O)OC(C)(C)C)C(C)(C)C)cc1. The van der Waals surface area contributed by atoms with E-state index in [-0.39, 0.29) is 58.5 Å². The maximum Gasteiger partial charge on any atom is 0.332 e. The Morgan fingerprint density at radius 2 is 1.51 bits per heavy atom. The van der Waals surface area contributed by atoms with Crippen LogP contribution in [0.2, 0.25) is 0 Å². The monoisotopic (exact) mass is 734 g/mol. The van der Waals surface area contributed by atoms with Crippen LogP contribution in [0.15, 0.2) is 29.8 Å². The van der Waals surface area contributed by atoms with Crippen LogP contribution in [0.1, 0.15) is 59.2 Å². The van der Waals surface area contributed by atoms with Crippen molar-refractivity contribution in [3.63, 3.8) is 0 Å². The van der Waals surface area contributed by atoms with Crippen LogP contribution in [0.25, 0.3) is 10.4 Å². The Hall–Kier alpha value is -3.47. The Kier molecular flexibility index (Phi) is 16.4. The van der Waals surface area contributed by atoms with E-state index in [9.17, 15) is 24.3 Å². The second kappa shape index (κ2) is 20.0. The molecule has 2 aromatic rings. The lowest BCUT2D eigenvalue weighted by atomic mass is 9.85. The van der Waals surface area contributed by atoms with Gasteiger partial charge in [-0.3, -0.25) is 14.4 Å². The van der Waals surface area contributed by atoms with E-state index in [0.717, 1.165) is 21.7 Å². The zero-order valence-electron chi connectivity index (χ0n) is 30.8. The summed E-state index contributed by atoms with van der Waals surface area (Å²) in [5.74, 6) is -1.75. The fraction of sp³-hybridized carbons (Fsp3) is 0.639. The molecule has 1 aliphatic heterocycles. The first kappa shape index (κ1) is 41.9. The van der Waals surface area contributed by atoms with Crippen LogP contribution in [-0.2, 0) is 49.4 Å². The molecule has 14 nitrogen and oxygen atoms in total. The van der Waals surface area contributed by atoms with Crippen LogP contribution in [0.3, 0.4) is 0 Å². The van der Waals surface area contributed by atoms with Gasteiger partial charge in [-0.25, -0.2) is 9.78 Å². The molecule has 3 N–H and O–H groups in total. The molecule has 1 fully saturated rings. The minimum atomic E-state index is -0.960. The predicted molar refractivity (Wildman–Crippen MR) is 191 cm³/mol. The van der Waals surface area contributed by atoms with Crippen LogP contribution >= 0.6 is 11.3 Å². The second-order valence-corrected chi connectivity index (χ2v) is 15.2. The van der Waals surface area contributed by atoms with E-state index < -0.39 is 47.0 Å². The normalized spacial score (nSPS) is 16.9. The Morgan fingerprint density at radius 1 is 0.922 bits per heavy atom. The molecule has 0 spiro atoms. The number of ether oxygens (including phenoxy) is 5. The Balaban J connectivity index is 1.37. The summed E-state index contributed by atoms with van der Waals surface area (Å²) >= 11 is 1.57. The number of carbonyl (C=O) groups is 4. The number of nitrogens with one attached hydrogen (secondary N) is 2. The van der Waals surface area contributed by atoms with Crippen molar-refractivity contribution in [3.05, 3.63) is 41.0 Å². The predicted octanol–water partition coefficient (Wildman–Crippen LogP) is 2.64. The summed E-state index contributed by atoms with van der Waals surface area (Å²) in [6.45, 7) is 14.1. The summed E-state index contributed by atoms with van der Waals surface area (Å²) < 4.78 is 26.7. The molecule has 3 atom stereocenters. The number of likely N-dealkylation sites (tertiary alicyclic amines) is 1. The molecule has 51 heavy (non-hydrogen) atoms. The molecule has 3 unspecified atom stereocenters. The fourth-order valence-corrected chi connectivity index (χ4v) is 6.04. The number of aromatic nitrogens is 1. The summed E-state index contributed by atoms with van der Waals surface area (Å²) in [6, 6.07) is 6.00. The third-order valence-electron chi connectivity index (χ3n) is 7.70. The maximum atomic E-state index is 13.8. The minimum absolute atomic E-state index is 0.0150. The lowest BCUT2D eigenvalue weighted by molar-refractivity contribution is -0.160. The lowest BCUT2D eigenvalue weighted by Gasteiger charge is -2.35.